The molecule has 0 saturated carbocycles. The average Bonchev–Trinajstić information content (AvgIpc) is 2.94. The van der Waals surface area contributed by atoms with E-state index in [2.05, 4.69) is 0 Å². The summed E-state index contributed by atoms with van der Waals surface area (Å²) in [6.45, 7) is 1.97. The van der Waals surface area contributed by atoms with Crippen LogP contribution in [0.5, 0.6) is 0 Å². The summed E-state index contributed by atoms with van der Waals surface area (Å²) in [5, 5.41) is 1.94. The van der Waals surface area contributed by atoms with Gasteiger partial charge in [-0.1, -0.05) is 6.07 Å². The SMILES string of the molecule is COC(=O)c1scc(C)c1-c1ccc(S(=O)[O-])c2c1CCCC2. The molecule has 0 amide bonds. The van der Waals surface area contributed by atoms with Crippen molar-refractivity contribution in [3.63, 3.8) is 0 Å². The Morgan fingerprint density at radius 3 is 2.61 bits per heavy atom. The van der Waals surface area contributed by atoms with Gasteiger partial charge in [-0.15, -0.1) is 11.3 Å². The first kappa shape index (κ1) is 16.4. The summed E-state index contributed by atoms with van der Waals surface area (Å²) in [5.74, 6) is -0.348. The highest BCUT2D eigenvalue weighted by molar-refractivity contribution is 7.79. The molecular weight excluding hydrogens is 332 g/mol. The Bertz CT molecular complexity index is 792. The van der Waals surface area contributed by atoms with Gasteiger partial charge >= 0.3 is 5.97 Å². The Morgan fingerprint density at radius 2 is 1.96 bits per heavy atom. The largest absolute Gasteiger partial charge is 0.768 e. The maximum Gasteiger partial charge on any atom is 0.348 e. The number of methoxy groups -OCH3 is 1. The highest BCUT2D eigenvalue weighted by Gasteiger charge is 2.24. The van der Waals surface area contributed by atoms with Gasteiger partial charge in [0.15, 0.2) is 0 Å². The molecule has 0 fully saturated rings. The zero-order valence-electron chi connectivity index (χ0n) is 13.0. The molecule has 1 aromatic heterocycles. The van der Waals surface area contributed by atoms with E-state index in [0.717, 1.165) is 53.5 Å². The van der Waals surface area contributed by atoms with E-state index in [9.17, 15) is 13.6 Å². The monoisotopic (exact) mass is 349 g/mol. The van der Waals surface area contributed by atoms with Gasteiger partial charge in [-0.3, -0.25) is 4.21 Å². The van der Waals surface area contributed by atoms with E-state index >= 15 is 0 Å². The van der Waals surface area contributed by atoms with E-state index in [1.807, 2.05) is 18.4 Å². The average molecular weight is 349 g/mol. The molecule has 1 atom stereocenters. The molecule has 23 heavy (non-hydrogen) atoms. The van der Waals surface area contributed by atoms with Crippen molar-refractivity contribution in [2.75, 3.05) is 7.11 Å². The van der Waals surface area contributed by atoms with Crippen LogP contribution in [0.4, 0.5) is 0 Å². The molecule has 1 aromatic carbocycles. The van der Waals surface area contributed by atoms with E-state index in [1.54, 1.807) is 6.07 Å². The Kier molecular flexibility index (Phi) is 4.66. The summed E-state index contributed by atoms with van der Waals surface area (Å²) < 4.78 is 27.9. The lowest BCUT2D eigenvalue weighted by molar-refractivity contribution is 0.0607. The smallest absolute Gasteiger partial charge is 0.348 e. The third kappa shape index (κ3) is 2.86. The molecule has 0 aliphatic heterocycles. The molecule has 0 saturated heterocycles. The molecule has 0 bridgehead atoms. The predicted octanol–water partition coefficient (Wildman–Crippen LogP) is 3.63. The molecule has 0 spiro atoms. The summed E-state index contributed by atoms with van der Waals surface area (Å²) in [6, 6.07) is 3.48. The Labute approximate surface area is 141 Å². The van der Waals surface area contributed by atoms with Crippen molar-refractivity contribution < 1.29 is 18.3 Å². The maximum atomic E-state index is 12.1. The highest BCUT2D eigenvalue weighted by atomic mass is 32.2. The van der Waals surface area contributed by atoms with Gasteiger partial charge in [0.1, 0.15) is 4.88 Å². The molecule has 0 radical (unpaired) electrons. The summed E-state index contributed by atoms with van der Waals surface area (Å²) in [6.07, 6.45) is 3.63. The lowest BCUT2D eigenvalue weighted by Gasteiger charge is -2.24. The molecule has 0 N–H and O–H groups in total. The van der Waals surface area contributed by atoms with Crippen molar-refractivity contribution in [2.24, 2.45) is 0 Å². The van der Waals surface area contributed by atoms with Crippen LogP contribution in [0.2, 0.25) is 0 Å². The number of thiophene rings is 1. The molecule has 1 aliphatic carbocycles. The van der Waals surface area contributed by atoms with Gasteiger partial charge < -0.3 is 9.29 Å². The highest BCUT2D eigenvalue weighted by Crippen LogP contribution is 2.40. The van der Waals surface area contributed by atoms with Crippen molar-refractivity contribution >= 4 is 28.4 Å². The minimum atomic E-state index is -2.23. The maximum absolute atomic E-state index is 12.1. The molecule has 6 heteroatoms. The summed E-state index contributed by atoms with van der Waals surface area (Å²) in [4.78, 5) is 13.0. The number of esters is 1. The van der Waals surface area contributed by atoms with Gasteiger partial charge in [0, 0.05) is 10.5 Å². The number of carbonyl (C=O) groups excluding carboxylic acids is 1. The third-order valence-electron chi connectivity index (χ3n) is 4.29. The van der Waals surface area contributed by atoms with Crippen LogP contribution in [0, 0.1) is 6.92 Å². The number of ether oxygens (including phenoxy) is 1. The van der Waals surface area contributed by atoms with Gasteiger partial charge in [0.25, 0.3) is 0 Å². The Morgan fingerprint density at radius 1 is 1.26 bits per heavy atom. The second-order valence-electron chi connectivity index (χ2n) is 5.62. The van der Waals surface area contributed by atoms with Crippen LogP contribution in [-0.4, -0.2) is 21.8 Å². The Balaban J connectivity index is 2.24. The lowest BCUT2D eigenvalue weighted by atomic mass is 9.85. The van der Waals surface area contributed by atoms with Crippen molar-refractivity contribution in [3.8, 4) is 11.1 Å². The normalized spacial score (nSPS) is 15.1. The van der Waals surface area contributed by atoms with Gasteiger partial charge in [-0.05, 0) is 77.4 Å². The first-order valence-electron chi connectivity index (χ1n) is 7.45. The molecule has 1 heterocycles. The van der Waals surface area contributed by atoms with Crippen molar-refractivity contribution in [1.29, 1.82) is 0 Å². The minimum absolute atomic E-state index is 0.348. The first-order chi connectivity index (χ1) is 11.0. The number of hydrogen-bond donors (Lipinski definition) is 0. The molecular formula is C17H17O4S2-. The van der Waals surface area contributed by atoms with Crippen molar-refractivity contribution in [3.05, 3.63) is 39.1 Å². The van der Waals surface area contributed by atoms with Gasteiger partial charge in [-0.2, -0.15) is 0 Å². The van der Waals surface area contributed by atoms with Crippen LogP contribution in [0.1, 0.15) is 39.2 Å². The van der Waals surface area contributed by atoms with Crippen LogP contribution >= 0.6 is 11.3 Å². The zero-order chi connectivity index (χ0) is 16.6. The molecule has 4 nitrogen and oxygen atoms in total. The van der Waals surface area contributed by atoms with E-state index in [4.69, 9.17) is 4.74 Å². The van der Waals surface area contributed by atoms with Gasteiger partial charge in [0.05, 0.1) is 7.11 Å². The topological polar surface area (TPSA) is 66.4 Å². The fraction of sp³-hybridized carbons (Fsp3) is 0.353. The van der Waals surface area contributed by atoms with Crippen molar-refractivity contribution in [2.45, 2.75) is 37.5 Å². The van der Waals surface area contributed by atoms with E-state index in [1.165, 1.54) is 18.4 Å². The number of hydrogen-bond acceptors (Lipinski definition) is 5. The van der Waals surface area contributed by atoms with Crippen LogP contribution in [0.15, 0.2) is 22.4 Å². The molecule has 3 rings (SSSR count). The van der Waals surface area contributed by atoms with Crippen LogP contribution in [0.3, 0.4) is 0 Å². The van der Waals surface area contributed by atoms with E-state index < -0.39 is 11.1 Å². The fourth-order valence-corrected chi connectivity index (χ4v) is 4.83. The van der Waals surface area contributed by atoms with Crippen LogP contribution in [-0.2, 0) is 28.7 Å². The summed E-state index contributed by atoms with van der Waals surface area (Å²) in [5.41, 5.74) is 4.82. The summed E-state index contributed by atoms with van der Waals surface area (Å²) in [7, 11) is 1.38. The molecule has 122 valence electrons. The van der Waals surface area contributed by atoms with Crippen LogP contribution in [0.25, 0.3) is 11.1 Å². The second-order valence-corrected chi connectivity index (χ2v) is 7.41. The number of carbonyl (C=O) groups is 1. The number of fused-ring (bicyclic) bond motifs is 1. The first-order valence-corrected chi connectivity index (χ1v) is 9.40. The predicted molar refractivity (Wildman–Crippen MR) is 89.7 cm³/mol. The Hall–Kier alpha value is -1.50. The lowest BCUT2D eigenvalue weighted by Crippen LogP contribution is -2.10. The second kappa shape index (κ2) is 6.55. The molecule has 2 aromatic rings. The molecule has 1 aliphatic rings. The van der Waals surface area contributed by atoms with E-state index in [-0.39, 0.29) is 5.97 Å². The van der Waals surface area contributed by atoms with Crippen LogP contribution < -0.4 is 0 Å². The van der Waals surface area contributed by atoms with Crippen molar-refractivity contribution in [1.82, 2.24) is 0 Å². The molecule has 1 unspecified atom stereocenters. The van der Waals surface area contributed by atoms with E-state index in [0.29, 0.717) is 9.77 Å². The number of benzene rings is 1. The fourth-order valence-electron chi connectivity index (χ4n) is 3.25. The third-order valence-corrected chi connectivity index (χ3v) is 6.11. The zero-order valence-corrected chi connectivity index (χ0v) is 14.6. The minimum Gasteiger partial charge on any atom is -0.768 e. The summed E-state index contributed by atoms with van der Waals surface area (Å²) >= 11 is -0.865. The van der Waals surface area contributed by atoms with Gasteiger partial charge in [0.2, 0.25) is 0 Å². The quantitative estimate of drug-likeness (QED) is 0.627. The van der Waals surface area contributed by atoms with Gasteiger partial charge in [-0.25, -0.2) is 4.79 Å². The number of aryl methyl sites for hydroxylation is 1. The standard InChI is InChI=1S/C17H18O4S2/c1-10-9-22-16(17(18)21-2)15(10)13-7-8-14(23(19)20)12-6-4-3-5-11(12)13/h7-9H,3-6H2,1-2H3,(H,19,20)/p-1. The number of rotatable bonds is 3.